The van der Waals surface area contributed by atoms with E-state index in [2.05, 4.69) is 19.1 Å². The smallest absolute Gasteiger partial charge is 0.121 e. The van der Waals surface area contributed by atoms with Gasteiger partial charge in [0.25, 0.3) is 0 Å². The van der Waals surface area contributed by atoms with E-state index in [1.807, 2.05) is 19.9 Å². The molecule has 16 heavy (non-hydrogen) atoms. The van der Waals surface area contributed by atoms with Gasteiger partial charge >= 0.3 is 0 Å². The van der Waals surface area contributed by atoms with Crippen molar-refractivity contribution in [1.82, 2.24) is 0 Å². The van der Waals surface area contributed by atoms with Crippen LogP contribution >= 0.6 is 0 Å². The van der Waals surface area contributed by atoms with E-state index in [0.717, 1.165) is 25.0 Å². The van der Waals surface area contributed by atoms with E-state index in [9.17, 15) is 5.11 Å². The second-order valence-electron chi connectivity index (χ2n) is 4.97. The number of methoxy groups -OCH3 is 1. The molecule has 0 unspecified atom stereocenters. The Balaban J connectivity index is 2.52. The molecule has 1 N–H and O–H groups in total. The molecule has 0 aliphatic carbocycles. The minimum absolute atomic E-state index is 0.554. The fourth-order valence-corrected chi connectivity index (χ4v) is 1.82. The Hall–Kier alpha value is -1.02. The van der Waals surface area contributed by atoms with Crippen molar-refractivity contribution in [2.75, 3.05) is 7.11 Å². The molecule has 1 aromatic rings. The van der Waals surface area contributed by atoms with Crippen molar-refractivity contribution in [1.29, 1.82) is 0 Å². The molecule has 0 saturated carbocycles. The molecule has 0 amide bonds. The first-order chi connectivity index (χ1) is 7.42. The summed E-state index contributed by atoms with van der Waals surface area (Å²) in [6.45, 7) is 5.76. The third-order valence-electron chi connectivity index (χ3n) is 2.71. The average Bonchev–Trinajstić information content (AvgIpc) is 2.16. The van der Waals surface area contributed by atoms with Gasteiger partial charge in [0, 0.05) is 0 Å². The highest BCUT2D eigenvalue weighted by Crippen LogP contribution is 2.20. The number of hydrogen-bond donors (Lipinski definition) is 1. The van der Waals surface area contributed by atoms with Crippen LogP contribution in [0, 0.1) is 6.92 Å². The molecular formula is C14H22O2. The highest BCUT2D eigenvalue weighted by molar-refractivity contribution is 5.36. The van der Waals surface area contributed by atoms with Crippen LogP contribution in [-0.4, -0.2) is 17.8 Å². The number of aryl methyl sites for hydroxylation is 2. The Kier molecular flexibility index (Phi) is 4.36. The van der Waals surface area contributed by atoms with E-state index in [1.165, 1.54) is 11.1 Å². The summed E-state index contributed by atoms with van der Waals surface area (Å²) in [5.41, 5.74) is 1.92. The number of aliphatic hydroxyl groups is 1. The van der Waals surface area contributed by atoms with E-state index in [0.29, 0.717) is 0 Å². The third-order valence-corrected chi connectivity index (χ3v) is 2.71. The second-order valence-corrected chi connectivity index (χ2v) is 4.97. The molecule has 2 heteroatoms. The molecule has 90 valence electrons. The van der Waals surface area contributed by atoms with E-state index < -0.39 is 5.60 Å². The van der Waals surface area contributed by atoms with Gasteiger partial charge in [-0.3, -0.25) is 0 Å². The van der Waals surface area contributed by atoms with Crippen molar-refractivity contribution >= 4 is 0 Å². The zero-order valence-electron chi connectivity index (χ0n) is 10.7. The van der Waals surface area contributed by atoms with Crippen LogP contribution in [0.5, 0.6) is 5.75 Å². The van der Waals surface area contributed by atoms with Crippen LogP contribution in [0.4, 0.5) is 0 Å². The first-order valence-corrected chi connectivity index (χ1v) is 5.78. The lowest BCUT2D eigenvalue weighted by molar-refractivity contribution is 0.0689. The first-order valence-electron chi connectivity index (χ1n) is 5.78. The maximum Gasteiger partial charge on any atom is 0.121 e. The third kappa shape index (κ3) is 4.23. The van der Waals surface area contributed by atoms with Crippen LogP contribution in [0.3, 0.4) is 0 Å². The van der Waals surface area contributed by atoms with Crippen molar-refractivity contribution < 1.29 is 9.84 Å². The molecule has 1 rings (SSSR count). The van der Waals surface area contributed by atoms with Crippen LogP contribution < -0.4 is 4.74 Å². The van der Waals surface area contributed by atoms with E-state index in [1.54, 1.807) is 7.11 Å². The standard InChI is InChI=1S/C14H22O2/c1-11-10-12(7-8-13(11)16-4)6-5-9-14(2,3)15/h7-8,10,15H,5-6,9H2,1-4H3. The molecular weight excluding hydrogens is 200 g/mol. The van der Waals surface area contributed by atoms with Crippen LogP contribution in [0.2, 0.25) is 0 Å². The predicted octanol–water partition coefficient (Wildman–Crippen LogP) is 3.10. The van der Waals surface area contributed by atoms with Crippen LogP contribution in [-0.2, 0) is 6.42 Å². The topological polar surface area (TPSA) is 29.5 Å². The van der Waals surface area contributed by atoms with Crippen LogP contribution in [0.1, 0.15) is 37.8 Å². The Morgan fingerprint density at radius 2 is 2.00 bits per heavy atom. The molecule has 0 saturated heterocycles. The first kappa shape index (κ1) is 13.0. The van der Waals surface area contributed by atoms with Gasteiger partial charge < -0.3 is 9.84 Å². The van der Waals surface area contributed by atoms with Gasteiger partial charge in [-0.2, -0.15) is 0 Å². The summed E-state index contributed by atoms with van der Waals surface area (Å²) in [5.74, 6) is 0.936. The minimum atomic E-state index is -0.554. The largest absolute Gasteiger partial charge is 0.496 e. The molecule has 2 nitrogen and oxygen atoms in total. The van der Waals surface area contributed by atoms with Gasteiger partial charge in [-0.05, 0) is 57.2 Å². The average molecular weight is 222 g/mol. The zero-order chi connectivity index (χ0) is 12.2. The molecule has 1 aromatic carbocycles. The van der Waals surface area contributed by atoms with Gasteiger partial charge in [0.1, 0.15) is 5.75 Å². The summed E-state index contributed by atoms with van der Waals surface area (Å²) >= 11 is 0. The maximum absolute atomic E-state index is 9.61. The summed E-state index contributed by atoms with van der Waals surface area (Å²) in [4.78, 5) is 0. The van der Waals surface area contributed by atoms with Crippen molar-refractivity contribution in [3.63, 3.8) is 0 Å². The lowest BCUT2D eigenvalue weighted by Crippen LogP contribution is -2.18. The van der Waals surface area contributed by atoms with Crippen molar-refractivity contribution in [2.45, 2.75) is 45.6 Å². The Morgan fingerprint density at radius 1 is 1.31 bits per heavy atom. The molecule has 0 atom stereocenters. The van der Waals surface area contributed by atoms with E-state index >= 15 is 0 Å². The van der Waals surface area contributed by atoms with Crippen LogP contribution in [0.25, 0.3) is 0 Å². The lowest BCUT2D eigenvalue weighted by atomic mass is 9.98. The monoisotopic (exact) mass is 222 g/mol. The Labute approximate surface area is 98.3 Å². The predicted molar refractivity (Wildman–Crippen MR) is 67.0 cm³/mol. The van der Waals surface area contributed by atoms with E-state index in [4.69, 9.17) is 4.74 Å². The van der Waals surface area contributed by atoms with Gasteiger partial charge in [0.05, 0.1) is 12.7 Å². The highest BCUT2D eigenvalue weighted by atomic mass is 16.5. The number of rotatable bonds is 5. The van der Waals surface area contributed by atoms with Crippen molar-refractivity contribution in [3.05, 3.63) is 29.3 Å². The van der Waals surface area contributed by atoms with Gasteiger partial charge in [-0.1, -0.05) is 12.1 Å². The number of benzene rings is 1. The molecule has 0 bridgehead atoms. The van der Waals surface area contributed by atoms with E-state index in [-0.39, 0.29) is 0 Å². The van der Waals surface area contributed by atoms with Gasteiger partial charge in [-0.25, -0.2) is 0 Å². The summed E-state index contributed by atoms with van der Waals surface area (Å²) in [6, 6.07) is 6.26. The summed E-state index contributed by atoms with van der Waals surface area (Å²) in [7, 11) is 1.69. The van der Waals surface area contributed by atoms with Crippen LogP contribution in [0.15, 0.2) is 18.2 Å². The van der Waals surface area contributed by atoms with Gasteiger partial charge in [0.15, 0.2) is 0 Å². The lowest BCUT2D eigenvalue weighted by Gasteiger charge is -2.16. The zero-order valence-corrected chi connectivity index (χ0v) is 10.7. The number of hydrogen-bond acceptors (Lipinski definition) is 2. The second kappa shape index (κ2) is 5.35. The SMILES string of the molecule is COc1ccc(CCCC(C)(C)O)cc1C. The molecule has 0 radical (unpaired) electrons. The summed E-state index contributed by atoms with van der Waals surface area (Å²) in [5, 5.41) is 9.61. The summed E-state index contributed by atoms with van der Waals surface area (Å²) in [6.07, 6.45) is 2.85. The summed E-state index contributed by atoms with van der Waals surface area (Å²) < 4.78 is 5.22. The maximum atomic E-state index is 9.61. The fourth-order valence-electron chi connectivity index (χ4n) is 1.82. The highest BCUT2D eigenvalue weighted by Gasteiger charge is 2.11. The fraction of sp³-hybridized carbons (Fsp3) is 0.571. The minimum Gasteiger partial charge on any atom is -0.496 e. The van der Waals surface area contributed by atoms with Crippen molar-refractivity contribution in [2.24, 2.45) is 0 Å². The van der Waals surface area contributed by atoms with Gasteiger partial charge in [-0.15, -0.1) is 0 Å². The molecule has 0 heterocycles. The molecule has 0 aromatic heterocycles. The molecule has 0 spiro atoms. The quantitative estimate of drug-likeness (QED) is 0.829. The Bertz CT molecular complexity index is 337. The molecule has 0 aliphatic heterocycles. The van der Waals surface area contributed by atoms with Crippen molar-refractivity contribution in [3.8, 4) is 5.75 Å². The number of ether oxygens (including phenoxy) is 1. The molecule has 0 aliphatic rings. The normalized spacial score (nSPS) is 11.6. The van der Waals surface area contributed by atoms with Gasteiger partial charge in [0.2, 0.25) is 0 Å². The molecule has 0 fully saturated rings. The Morgan fingerprint density at radius 3 is 2.50 bits per heavy atom.